The van der Waals surface area contributed by atoms with Crippen LogP contribution in [-0.4, -0.2) is 47.9 Å². The largest absolute Gasteiger partial charge is 0.351 e. The van der Waals surface area contributed by atoms with Crippen molar-refractivity contribution in [3.8, 4) is 0 Å². The van der Waals surface area contributed by atoms with Gasteiger partial charge in [0.25, 0.3) is 0 Å². The molecule has 1 heterocycles. The molecule has 0 unspecified atom stereocenters. The number of benzene rings is 1. The van der Waals surface area contributed by atoms with E-state index in [1.165, 1.54) is 12.1 Å². The molecule has 1 aromatic carbocycles. The molecule has 2 rings (SSSR count). The molecule has 6 heteroatoms. The van der Waals surface area contributed by atoms with E-state index in [0.29, 0.717) is 32.6 Å². The number of halogens is 1. The second-order valence-corrected chi connectivity index (χ2v) is 5.34. The molecule has 0 radical (unpaired) electrons. The molecule has 1 aliphatic heterocycles. The summed E-state index contributed by atoms with van der Waals surface area (Å²) in [6.07, 6.45) is 2.26. The van der Waals surface area contributed by atoms with E-state index in [0.717, 1.165) is 11.1 Å². The van der Waals surface area contributed by atoms with Crippen LogP contribution in [0.2, 0.25) is 0 Å². The van der Waals surface area contributed by atoms with Crippen molar-refractivity contribution < 1.29 is 14.0 Å². The lowest BCUT2D eigenvalue weighted by Crippen LogP contribution is -2.39. The zero-order chi connectivity index (χ0) is 16.1. The quantitative estimate of drug-likeness (QED) is 0.847. The van der Waals surface area contributed by atoms with E-state index in [-0.39, 0.29) is 11.7 Å². The highest BCUT2D eigenvalue weighted by Crippen LogP contribution is 2.15. The maximum atomic E-state index is 12.9. The Balaban J connectivity index is 2.03. The van der Waals surface area contributed by atoms with Crippen LogP contribution in [0.1, 0.15) is 18.9 Å². The third-order valence-electron chi connectivity index (χ3n) is 3.76. The van der Waals surface area contributed by atoms with E-state index in [1.54, 1.807) is 28.0 Å². The van der Waals surface area contributed by atoms with Crippen LogP contribution in [-0.2, 0) is 4.79 Å². The minimum absolute atomic E-state index is 0.104. The zero-order valence-corrected chi connectivity index (χ0v) is 12.6. The number of nitrogens with two attached hydrogens (primary N) is 1. The number of rotatable bonds is 2. The van der Waals surface area contributed by atoms with Gasteiger partial charge in [-0.25, -0.2) is 9.18 Å². The average molecular weight is 305 g/mol. The Labute approximate surface area is 129 Å². The first-order valence-electron chi connectivity index (χ1n) is 7.25. The molecule has 1 fully saturated rings. The van der Waals surface area contributed by atoms with Crippen LogP contribution in [0.3, 0.4) is 0 Å². The SMILES string of the molecule is CC(=CC(=O)N1CCCN(C(N)=O)CC1)c1ccc(F)cc1. The van der Waals surface area contributed by atoms with Gasteiger partial charge in [-0.15, -0.1) is 0 Å². The highest BCUT2D eigenvalue weighted by atomic mass is 19.1. The van der Waals surface area contributed by atoms with Crippen molar-refractivity contribution in [2.24, 2.45) is 5.73 Å². The first-order chi connectivity index (χ1) is 10.5. The van der Waals surface area contributed by atoms with Crippen molar-refractivity contribution in [2.75, 3.05) is 26.2 Å². The van der Waals surface area contributed by atoms with E-state index >= 15 is 0 Å². The Morgan fingerprint density at radius 3 is 2.32 bits per heavy atom. The molecule has 1 aliphatic rings. The monoisotopic (exact) mass is 305 g/mol. The van der Waals surface area contributed by atoms with Crippen molar-refractivity contribution in [1.82, 2.24) is 9.80 Å². The maximum Gasteiger partial charge on any atom is 0.314 e. The van der Waals surface area contributed by atoms with Gasteiger partial charge in [0.2, 0.25) is 5.91 Å². The number of nitrogens with zero attached hydrogens (tertiary/aromatic N) is 2. The summed E-state index contributed by atoms with van der Waals surface area (Å²) in [5.74, 6) is -0.407. The lowest BCUT2D eigenvalue weighted by Gasteiger charge is -2.20. The van der Waals surface area contributed by atoms with E-state index in [1.807, 2.05) is 6.92 Å². The highest BCUT2D eigenvalue weighted by Gasteiger charge is 2.19. The van der Waals surface area contributed by atoms with Crippen molar-refractivity contribution in [1.29, 1.82) is 0 Å². The summed E-state index contributed by atoms with van der Waals surface area (Å²) in [5, 5.41) is 0. The molecule has 0 aromatic heterocycles. The summed E-state index contributed by atoms with van der Waals surface area (Å²) < 4.78 is 12.9. The molecule has 0 saturated carbocycles. The van der Waals surface area contributed by atoms with Gasteiger partial charge < -0.3 is 15.5 Å². The van der Waals surface area contributed by atoms with Gasteiger partial charge in [-0.05, 0) is 36.6 Å². The third-order valence-corrected chi connectivity index (χ3v) is 3.76. The summed E-state index contributed by atoms with van der Waals surface area (Å²) in [5.41, 5.74) is 6.86. The fraction of sp³-hybridized carbons (Fsp3) is 0.375. The Hall–Kier alpha value is -2.37. The predicted octanol–water partition coefficient (Wildman–Crippen LogP) is 1.84. The topological polar surface area (TPSA) is 66.6 Å². The minimum Gasteiger partial charge on any atom is -0.351 e. The zero-order valence-electron chi connectivity index (χ0n) is 12.6. The number of hydrogen-bond donors (Lipinski definition) is 1. The van der Waals surface area contributed by atoms with Crippen LogP contribution in [0.25, 0.3) is 5.57 Å². The van der Waals surface area contributed by atoms with Crippen molar-refractivity contribution in [3.63, 3.8) is 0 Å². The number of allylic oxidation sites excluding steroid dienone is 1. The van der Waals surface area contributed by atoms with Gasteiger partial charge >= 0.3 is 6.03 Å². The summed E-state index contributed by atoms with van der Waals surface area (Å²) >= 11 is 0. The van der Waals surface area contributed by atoms with Gasteiger partial charge in [-0.3, -0.25) is 4.79 Å². The smallest absolute Gasteiger partial charge is 0.314 e. The minimum atomic E-state index is -0.452. The van der Waals surface area contributed by atoms with Crippen molar-refractivity contribution >= 4 is 17.5 Å². The molecule has 5 nitrogen and oxygen atoms in total. The van der Waals surface area contributed by atoms with Crippen LogP contribution in [0.15, 0.2) is 30.3 Å². The number of amides is 3. The molecule has 0 spiro atoms. The molecule has 0 atom stereocenters. The number of primary amides is 1. The van der Waals surface area contributed by atoms with Crippen LogP contribution >= 0.6 is 0 Å². The Morgan fingerprint density at radius 1 is 1.09 bits per heavy atom. The van der Waals surface area contributed by atoms with E-state index in [2.05, 4.69) is 0 Å². The molecule has 22 heavy (non-hydrogen) atoms. The Morgan fingerprint density at radius 2 is 1.68 bits per heavy atom. The van der Waals surface area contributed by atoms with Crippen LogP contribution in [0.5, 0.6) is 0 Å². The van der Waals surface area contributed by atoms with E-state index in [9.17, 15) is 14.0 Å². The van der Waals surface area contributed by atoms with Gasteiger partial charge in [0, 0.05) is 32.3 Å². The average Bonchev–Trinajstić information content (AvgIpc) is 2.73. The highest BCUT2D eigenvalue weighted by molar-refractivity contribution is 5.94. The summed E-state index contributed by atoms with van der Waals surface area (Å²) in [7, 11) is 0. The summed E-state index contributed by atoms with van der Waals surface area (Å²) in [6, 6.07) is 5.58. The van der Waals surface area contributed by atoms with Crippen LogP contribution in [0, 0.1) is 5.82 Å². The van der Waals surface area contributed by atoms with Gasteiger partial charge in [0.15, 0.2) is 0 Å². The summed E-state index contributed by atoms with van der Waals surface area (Å²) in [4.78, 5) is 26.7. The molecule has 2 N–H and O–H groups in total. The molecule has 0 bridgehead atoms. The van der Waals surface area contributed by atoms with E-state index in [4.69, 9.17) is 5.73 Å². The number of carbonyl (C=O) groups excluding carboxylic acids is 2. The first kappa shape index (κ1) is 16.0. The number of hydrogen-bond acceptors (Lipinski definition) is 2. The van der Waals surface area contributed by atoms with Crippen molar-refractivity contribution in [3.05, 3.63) is 41.7 Å². The third kappa shape index (κ3) is 4.07. The molecule has 1 saturated heterocycles. The van der Waals surface area contributed by atoms with Crippen LogP contribution in [0.4, 0.5) is 9.18 Å². The molecule has 0 aliphatic carbocycles. The van der Waals surface area contributed by atoms with Crippen LogP contribution < -0.4 is 5.73 Å². The van der Waals surface area contributed by atoms with Gasteiger partial charge in [-0.2, -0.15) is 0 Å². The van der Waals surface area contributed by atoms with E-state index < -0.39 is 6.03 Å². The second kappa shape index (κ2) is 7.06. The van der Waals surface area contributed by atoms with Gasteiger partial charge in [0.05, 0.1) is 0 Å². The fourth-order valence-corrected chi connectivity index (χ4v) is 2.43. The standard InChI is InChI=1S/C16H20FN3O2/c1-12(13-3-5-14(17)6-4-13)11-15(21)19-7-2-8-20(10-9-19)16(18)22/h3-6,11H,2,7-10H2,1H3,(H2,18,22). The van der Waals surface area contributed by atoms with Crippen molar-refractivity contribution in [2.45, 2.75) is 13.3 Å². The van der Waals surface area contributed by atoms with Gasteiger partial charge in [-0.1, -0.05) is 12.1 Å². The molecule has 3 amide bonds. The first-order valence-corrected chi connectivity index (χ1v) is 7.25. The number of carbonyl (C=O) groups is 2. The van der Waals surface area contributed by atoms with Gasteiger partial charge in [0.1, 0.15) is 5.82 Å². The molecular weight excluding hydrogens is 285 g/mol. The second-order valence-electron chi connectivity index (χ2n) is 5.34. The number of urea groups is 1. The Kier molecular flexibility index (Phi) is 5.14. The molecular formula is C16H20FN3O2. The molecule has 118 valence electrons. The molecule has 1 aromatic rings. The normalized spacial score (nSPS) is 16.4. The lowest BCUT2D eigenvalue weighted by molar-refractivity contribution is -0.125. The maximum absolute atomic E-state index is 12.9. The fourth-order valence-electron chi connectivity index (χ4n) is 2.43. The lowest BCUT2D eigenvalue weighted by atomic mass is 10.1. The predicted molar refractivity (Wildman–Crippen MR) is 82.4 cm³/mol. The Bertz CT molecular complexity index is 584. The summed E-state index contributed by atoms with van der Waals surface area (Å²) in [6.45, 7) is 3.90.